The predicted molar refractivity (Wildman–Crippen MR) is 102 cm³/mol. The Morgan fingerprint density at radius 2 is 2.04 bits per heavy atom. The van der Waals surface area contributed by atoms with Crippen molar-refractivity contribution in [2.45, 2.75) is 25.9 Å². The van der Waals surface area contributed by atoms with Crippen molar-refractivity contribution in [1.82, 2.24) is 9.66 Å². The molecule has 3 aromatic rings. The van der Waals surface area contributed by atoms with E-state index in [1.165, 1.54) is 7.11 Å². The molecule has 2 aromatic carbocycles. The number of hydrogen-bond acceptors (Lipinski definition) is 5. The van der Waals surface area contributed by atoms with E-state index in [1.54, 1.807) is 24.5 Å². The molecular weight excluding hydrogens is 330 g/mol. The molecule has 0 radical (unpaired) electrons. The minimum absolute atomic E-state index is 0.0619. The number of hydrogen-bond donors (Lipinski definition) is 2. The van der Waals surface area contributed by atoms with Crippen molar-refractivity contribution in [3.05, 3.63) is 54.4 Å². The Labute approximate surface area is 153 Å². The molecule has 26 heavy (non-hydrogen) atoms. The fourth-order valence-electron chi connectivity index (χ4n) is 3.01. The van der Waals surface area contributed by atoms with Gasteiger partial charge in [0.25, 0.3) is 0 Å². The van der Waals surface area contributed by atoms with E-state index < -0.39 is 6.10 Å². The van der Waals surface area contributed by atoms with Crippen LogP contribution in [0.25, 0.3) is 11.0 Å². The number of rotatable bonds is 8. The highest BCUT2D eigenvalue weighted by Crippen LogP contribution is 2.29. The third-order valence-electron chi connectivity index (χ3n) is 4.48. The number of para-hydroxylation sites is 2. The Kier molecular flexibility index (Phi) is 5.63. The van der Waals surface area contributed by atoms with E-state index in [0.29, 0.717) is 17.9 Å². The van der Waals surface area contributed by atoms with Crippen LogP contribution in [-0.4, -0.2) is 40.1 Å². The zero-order chi connectivity index (χ0) is 18.5. The molecule has 0 aliphatic rings. The van der Waals surface area contributed by atoms with Crippen molar-refractivity contribution in [1.29, 1.82) is 0 Å². The molecule has 0 amide bonds. The SMILES string of the molecule is CCCCN(CC(O)c1ccc(O)c(OC)c1)n1cnc2ccccc21. The third-order valence-corrected chi connectivity index (χ3v) is 4.48. The van der Waals surface area contributed by atoms with Crippen LogP contribution in [0.15, 0.2) is 48.8 Å². The summed E-state index contributed by atoms with van der Waals surface area (Å²) < 4.78 is 7.15. The van der Waals surface area contributed by atoms with Gasteiger partial charge in [-0.05, 0) is 36.2 Å². The predicted octanol–water partition coefficient (Wildman–Crippen LogP) is 3.22. The smallest absolute Gasteiger partial charge is 0.160 e. The normalized spacial score (nSPS) is 12.3. The molecule has 1 unspecified atom stereocenters. The van der Waals surface area contributed by atoms with E-state index >= 15 is 0 Å². The number of nitrogens with zero attached hydrogens (tertiary/aromatic N) is 3. The van der Waals surface area contributed by atoms with Gasteiger partial charge in [-0.3, -0.25) is 0 Å². The summed E-state index contributed by atoms with van der Waals surface area (Å²) in [6.07, 6.45) is 3.15. The quantitative estimate of drug-likeness (QED) is 0.649. The Bertz CT molecular complexity index is 862. The molecule has 3 rings (SSSR count). The number of aromatic hydroxyl groups is 1. The van der Waals surface area contributed by atoms with Crippen molar-refractivity contribution in [2.75, 3.05) is 25.2 Å². The van der Waals surface area contributed by atoms with Gasteiger partial charge in [0.1, 0.15) is 6.33 Å². The van der Waals surface area contributed by atoms with Gasteiger partial charge in [-0.15, -0.1) is 0 Å². The second kappa shape index (κ2) is 8.10. The summed E-state index contributed by atoms with van der Waals surface area (Å²) in [6, 6.07) is 12.9. The minimum atomic E-state index is -0.720. The van der Waals surface area contributed by atoms with Crippen LogP contribution >= 0.6 is 0 Å². The van der Waals surface area contributed by atoms with Gasteiger partial charge in [0, 0.05) is 6.54 Å². The number of benzene rings is 2. The molecule has 1 heterocycles. The first-order valence-corrected chi connectivity index (χ1v) is 8.86. The molecule has 2 N–H and O–H groups in total. The van der Waals surface area contributed by atoms with Gasteiger partial charge in [0.05, 0.1) is 30.8 Å². The summed E-state index contributed by atoms with van der Waals surface area (Å²) in [6.45, 7) is 3.36. The van der Waals surface area contributed by atoms with Crippen molar-refractivity contribution in [3.8, 4) is 11.5 Å². The van der Waals surface area contributed by atoms with Crippen LogP contribution < -0.4 is 9.75 Å². The van der Waals surface area contributed by atoms with Gasteiger partial charge in [-0.25, -0.2) is 9.66 Å². The van der Waals surface area contributed by atoms with E-state index in [9.17, 15) is 10.2 Å². The monoisotopic (exact) mass is 355 g/mol. The maximum Gasteiger partial charge on any atom is 0.160 e. The highest BCUT2D eigenvalue weighted by molar-refractivity contribution is 5.75. The molecule has 0 saturated heterocycles. The Morgan fingerprint density at radius 3 is 2.81 bits per heavy atom. The van der Waals surface area contributed by atoms with Crippen LogP contribution in [0.3, 0.4) is 0 Å². The van der Waals surface area contributed by atoms with Crippen molar-refractivity contribution >= 4 is 11.0 Å². The lowest BCUT2D eigenvalue weighted by Gasteiger charge is -2.28. The van der Waals surface area contributed by atoms with Gasteiger partial charge in [-0.2, -0.15) is 0 Å². The molecule has 138 valence electrons. The lowest BCUT2D eigenvalue weighted by molar-refractivity contribution is 0.175. The zero-order valence-electron chi connectivity index (χ0n) is 15.2. The summed E-state index contributed by atoms with van der Waals surface area (Å²) in [5.41, 5.74) is 2.64. The van der Waals surface area contributed by atoms with Crippen molar-refractivity contribution in [2.24, 2.45) is 0 Å². The molecule has 6 nitrogen and oxygen atoms in total. The van der Waals surface area contributed by atoms with Gasteiger partial charge in [-0.1, -0.05) is 31.5 Å². The van der Waals surface area contributed by atoms with Gasteiger partial charge in [0.2, 0.25) is 0 Å². The number of aromatic nitrogens is 2. The van der Waals surface area contributed by atoms with Crippen LogP contribution in [-0.2, 0) is 0 Å². The van der Waals surface area contributed by atoms with Crippen LogP contribution in [0.5, 0.6) is 11.5 Å². The molecule has 1 atom stereocenters. The molecular formula is C20H25N3O3. The summed E-state index contributed by atoms with van der Waals surface area (Å²) in [5, 5.41) is 22.6. The molecule has 0 bridgehead atoms. The number of unbranched alkanes of at least 4 members (excludes halogenated alkanes) is 1. The highest BCUT2D eigenvalue weighted by Gasteiger charge is 2.17. The summed E-state index contributed by atoms with van der Waals surface area (Å²) in [7, 11) is 1.50. The van der Waals surface area contributed by atoms with Crippen LogP contribution in [0.2, 0.25) is 0 Å². The number of phenolic OH excluding ortho intramolecular Hbond substituents is 1. The van der Waals surface area contributed by atoms with Crippen molar-refractivity contribution in [3.63, 3.8) is 0 Å². The average molecular weight is 355 g/mol. The Morgan fingerprint density at radius 1 is 1.23 bits per heavy atom. The van der Waals surface area contributed by atoms with Crippen LogP contribution in [0.4, 0.5) is 0 Å². The van der Waals surface area contributed by atoms with E-state index in [0.717, 1.165) is 30.4 Å². The Hall–Kier alpha value is -2.73. The van der Waals surface area contributed by atoms with E-state index in [4.69, 9.17) is 4.74 Å². The summed E-state index contributed by atoms with van der Waals surface area (Å²) in [5.74, 6) is 0.418. The van der Waals surface area contributed by atoms with E-state index in [-0.39, 0.29) is 5.75 Å². The standard InChI is InChI=1S/C20H25N3O3/c1-3-4-11-22(23-14-21-16-7-5-6-8-17(16)23)13-19(25)15-9-10-18(24)20(12-15)26-2/h5-10,12,14,19,24-25H,3-4,11,13H2,1-2H3. The molecule has 0 spiro atoms. The minimum Gasteiger partial charge on any atom is -0.504 e. The maximum absolute atomic E-state index is 10.8. The number of aliphatic hydroxyl groups is 1. The fourth-order valence-corrected chi connectivity index (χ4v) is 3.01. The van der Waals surface area contributed by atoms with Gasteiger partial charge in [0.15, 0.2) is 11.5 Å². The Balaban J connectivity index is 1.86. The molecule has 0 fully saturated rings. The second-order valence-electron chi connectivity index (χ2n) is 6.29. The van der Waals surface area contributed by atoms with E-state index in [2.05, 4.69) is 16.9 Å². The average Bonchev–Trinajstić information content (AvgIpc) is 3.09. The third kappa shape index (κ3) is 3.75. The second-order valence-corrected chi connectivity index (χ2v) is 6.29. The molecule has 6 heteroatoms. The van der Waals surface area contributed by atoms with Gasteiger partial charge < -0.3 is 20.0 Å². The van der Waals surface area contributed by atoms with Gasteiger partial charge >= 0.3 is 0 Å². The first-order valence-electron chi connectivity index (χ1n) is 8.86. The number of ether oxygens (including phenoxy) is 1. The zero-order valence-corrected chi connectivity index (χ0v) is 15.2. The largest absolute Gasteiger partial charge is 0.504 e. The van der Waals surface area contributed by atoms with Crippen LogP contribution in [0.1, 0.15) is 31.4 Å². The van der Waals surface area contributed by atoms with Crippen LogP contribution in [0, 0.1) is 0 Å². The molecule has 1 aromatic heterocycles. The number of phenols is 1. The number of imidazole rings is 1. The molecule has 0 aliphatic carbocycles. The van der Waals surface area contributed by atoms with E-state index in [1.807, 2.05) is 28.9 Å². The lowest BCUT2D eigenvalue weighted by Crippen LogP contribution is -2.38. The number of methoxy groups -OCH3 is 1. The first-order chi connectivity index (χ1) is 12.6. The van der Waals surface area contributed by atoms with Crippen molar-refractivity contribution < 1.29 is 14.9 Å². The fraction of sp³-hybridized carbons (Fsp3) is 0.350. The topological polar surface area (TPSA) is 70.8 Å². The molecule has 0 saturated carbocycles. The summed E-state index contributed by atoms with van der Waals surface area (Å²) in [4.78, 5) is 4.45. The lowest BCUT2D eigenvalue weighted by atomic mass is 10.1. The highest BCUT2D eigenvalue weighted by atomic mass is 16.5. The summed E-state index contributed by atoms with van der Waals surface area (Å²) >= 11 is 0. The maximum atomic E-state index is 10.8. The molecule has 0 aliphatic heterocycles. The number of fused-ring (bicyclic) bond motifs is 1. The number of aliphatic hydroxyl groups excluding tert-OH is 1. The first kappa shape index (κ1) is 18.1.